The molecule has 3 heterocycles. The zero-order valence-corrected chi connectivity index (χ0v) is 16.5. The van der Waals surface area contributed by atoms with Gasteiger partial charge in [0.1, 0.15) is 17.3 Å². The van der Waals surface area contributed by atoms with Gasteiger partial charge in [0, 0.05) is 18.7 Å². The second-order valence-corrected chi connectivity index (χ2v) is 7.57. The summed E-state index contributed by atoms with van der Waals surface area (Å²) in [4.78, 5) is 17.7. The van der Waals surface area contributed by atoms with Gasteiger partial charge in [0.05, 0.1) is 5.69 Å². The normalized spacial score (nSPS) is 14.8. The molecular formula is C23H22FN3O3. The molecule has 0 aliphatic carbocycles. The van der Waals surface area contributed by atoms with E-state index >= 15 is 0 Å². The average molecular weight is 407 g/mol. The van der Waals surface area contributed by atoms with E-state index in [2.05, 4.69) is 14.9 Å². The number of halogens is 1. The van der Waals surface area contributed by atoms with Gasteiger partial charge in [0.15, 0.2) is 11.5 Å². The molecule has 7 heteroatoms. The molecule has 0 radical (unpaired) electrons. The van der Waals surface area contributed by atoms with Crippen molar-refractivity contribution in [2.45, 2.75) is 38.8 Å². The number of hydrogen-bond acceptors (Lipinski definition) is 4. The van der Waals surface area contributed by atoms with Gasteiger partial charge in [-0.05, 0) is 61.2 Å². The number of benzene rings is 2. The Kier molecular flexibility index (Phi) is 4.86. The lowest BCUT2D eigenvalue weighted by atomic mass is 10.1. The molecule has 3 aromatic rings. The molecule has 154 valence electrons. The fourth-order valence-corrected chi connectivity index (χ4v) is 4.04. The fourth-order valence-electron chi connectivity index (χ4n) is 4.04. The molecule has 30 heavy (non-hydrogen) atoms. The van der Waals surface area contributed by atoms with Crippen molar-refractivity contribution in [3.8, 4) is 22.9 Å². The molecule has 2 aliphatic heterocycles. The van der Waals surface area contributed by atoms with Gasteiger partial charge < -0.3 is 19.4 Å². The van der Waals surface area contributed by atoms with Crippen molar-refractivity contribution in [1.29, 1.82) is 0 Å². The minimum absolute atomic E-state index is 0.202. The van der Waals surface area contributed by atoms with Crippen LogP contribution in [0.2, 0.25) is 0 Å². The number of fused-ring (bicyclic) bond motifs is 2. The van der Waals surface area contributed by atoms with E-state index < -0.39 is 0 Å². The predicted octanol–water partition coefficient (Wildman–Crippen LogP) is 4.07. The van der Waals surface area contributed by atoms with Crippen molar-refractivity contribution < 1.29 is 18.7 Å². The van der Waals surface area contributed by atoms with E-state index in [0.717, 1.165) is 54.9 Å². The Hall–Kier alpha value is -3.35. The number of nitrogens with one attached hydrogen (secondary N) is 1. The summed E-state index contributed by atoms with van der Waals surface area (Å²) in [5, 5.41) is 2.98. The third kappa shape index (κ3) is 3.51. The predicted molar refractivity (Wildman–Crippen MR) is 109 cm³/mol. The third-order valence-corrected chi connectivity index (χ3v) is 5.58. The number of carbonyl (C=O) groups excluding carboxylic acids is 1. The van der Waals surface area contributed by atoms with E-state index in [-0.39, 0.29) is 18.5 Å². The van der Waals surface area contributed by atoms with E-state index in [1.165, 1.54) is 12.1 Å². The zero-order valence-electron chi connectivity index (χ0n) is 16.5. The lowest BCUT2D eigenvalue weighted by Gasteiger charge is -2.09. The molecule has 0 saturated heterocycles. The van der Waals surface area contributed by atoms with E-state index in [0.29, 0.717) is 23.7 Å². The minimum atomic E-state index is -0.289. The van der Waals surface area contributed by atoms with E-state index in [1.54, 1.807) is 12.1 Å². The largest absolute Gasteiger partial charge is 0.454 e. The smallest absolute Gasteiger partial charge is 0.272 e. The first-order valence-electron chi connectivity index (χ1n) is 10.2. The van der Waals surface area contributed by atoms with Crippen molar-refractivity contribution in [1.82, 2.24) is 14.9 Å². The highest BCUT2D eigenvalue weighted by atomic mass is 19.1. The molecule has 2 aliphatic rings. The molecule has 1 aromatic heterocycles. The van der Waals surface area contributed by atoms with Crippen LogP contribution in [-0.2, 0) is 19.5 Å². The summed E-state index contributed by atoms with van der Waals surface area (Å²) in [5.74, 6) is 1.64. The molecule has 6 nitrogen and oxygen atoms in total. The van der Waals surface area contributed by atoms with Gasteiger partial charge in [0.2, 0.25) is 6.79 Å². The van der Waals surface area contributed by atoms with Gasteiger partial charge in [-0.25, -0.2) is 9.37 Å². The van der Waals surface area contributed by atoms with Crippen molar-refractivity contribution in [2.24, 2.45) is 0 Å². The summed E-state index contributed by atoms with van der Waals surface area (Å²) in [6.07, 6.45) is 3.98. The van der Waals surface area contributed by atoms with E-state index in [9.17, 15) is 9.18 Å². The Bertz CT molecular complexity index is 1090. The van der Waals surface area contributed by atoms with Crippen LogP contribution >= 0.6 is 0 Å². The maximum absolute atomic E-state index is 13.4. The standard InChI is InChI=1S/C23H22FN3O3/c24-17-8-6-16(7-9-17)22-26-21(18-4-2-1-3-11-27(18)22)23(28)25-13-15-5-10-19-20(12-15)30-14-29-19/h5-10,12H,1-4,11,13-14H2,(H,25,28). The summed E-state index contributed by atoms with van der Waals surface area (Å²) >= 11 is 0. The van der Waals surface area contributed by atoms with Crippen LogP contribution < -0.4 is 14.8 Å². The first-order chi connectivity index (χ1) is 14.7. The van der Waals surface area contributed by atoms with Crippen LogP contribution in [0.1, 0.15) is 41.0 Å². The maximum Gasteiger partial charge on any atom is 0.272 e. The number of aromatic nitrogens is 2. The number of imidazole rings is 1. The van der Waals surface area contributed by atoms with Crippen LogP contribution in [0.4, 0.5) is 4.39 Å². The lowest BCUT2D eigenvalue weighted by Crippen LogP contribution is -2.24. The number of amides is 1. The molecule has 1 amide bonds. The second-order valence-electron chi connectivity index (χ2n) is 7.57. The topological polar surface area (TPSA) is 65.4 Å². The van der Waals surface area contributed by atoms with Gasteiger partial charge in [-0.2, -0.15) is 0 Å². The summed E-state index contributed by atoms with van der Waals surface area (Å²) < 4.78 is 26.2. The Morgan fingerprint density at radius 3 is 2.77 bits per heavy atom. The molecule has 0 bridgehead atoms. The molecule has 0 unspecified atom stereocenters. The maximum atomic E-state index is 13.4. The molecular weight excluding hydrogens is 385 g/mol. The number of hydrogen-bond donors (Lipinski definition) is 1. The molecule has 2 aromatic carbocycles. The fraction of sp³-hybridized carbons (Fsp3) is 0.304. The number of nitrogens with zero attached hydrogens (tertiary/aromatic N) is 2. The van der Waals surface area contributed by atoms with Gasteiger partial charge >= 0.3 is 0 Å². The van der Waals surface area contributed by atoms with Gasteiger partial charge in [-0.1, -0.05) is 12.5 Å². The second kappa shape index (κ2) is 7.82. The SMILES string of the molecule is O=C(NCc1ccc2c(c1)OCO2)c1nc(-c2ccc(F)cc2)n2c1CCCCC2. The minimum Gasteiger partial charge on any atom is -0.454 e. The van der Waals surface area contributed by atoms with Crippen molar-refractivity contribution in [3.63, 3.8) is 0 Å². The summed E-state index contributed by atoms with van der Waals surface area (Å²) in [7, 11) is 0. The molecule has 0 atom stereocenters. The van der Waals surface area contributed by atoms with Crippen molar-refractivity contribution >= 4 is 5.91 Å². The number of ether oxygens (including phenoxy) is 2. The van der Waals surface area contributed by atoms with Crippen LogP contribution in [0.15, 0.2) is 42.5 Å². The first-order valence-corrected chi connectivity index (χ1v) is 10.2. The summed E-state index contributed by atoms with van der Waals surface area (Å²) in [5.41, 5.74) is 3.15. The zero-order chi connectivity index (χ0) is 20.5. The monoisotopic (exact) mass is 407 g/mol. The molecule has 0 fully saturated rings. The highest BCUT2D eigenvalue weighted by Gasteiger charge is 2.24. The molecule has 1 N–H and O–H groups in total. The van der Waals surface area contributed by atoms with Crippen molar-refractivity contribution in [3.05, 3.63) is 65.2 Å². The average Bonchev–Trinajstić information content (AvgIpc) is 3.29. The van der Waals surface area contributed by atoms with Gasteiger partial charge in [-0.15, -0.1) is 0 Å². The Labute approximate surface area is 173 Å². The number of carbonyl (C=O) groups is 1. The highest BCUT2D eigenvalue weighted by molar-refractivity contribution is 5.94. The number of rotatable bonds is 4. The van der Waals surface area contributed by atoms with Crippen LogP contribution in [0.5, 0.6) is 11.5 Å². The van der Waals surface area contributed by atoms with Crippen LogP contribution in [0.3, 0.4) is 0 Å². The summed E-state index contributed by atoms with van der Waals surface area (Å²) in [6.45, 7) is 1.40. The highest BCUT2D eigenvalue weighted by Crippen LogP contribution is 2.32. The molecule has 0 spiro atoms. The molecule has 0 saturated carbocycles. The third-order valence-electron chi connectivity index (χ3n) is 5.58. The Morgan fingerprint density at radius 1 is 1.07 bits per heavy atom. The van der Waals surface area contributed by atoms with Crippen molar-refractivity contribution in [2.75, 3.05) is 6.79 Å². The molecule has 5 rings (SSSR count). The summed E-state index contributed by atoms with van der Waals surface area (Å²) in [6, 6.07) is 11.9. The van der Waals surface area contributed by atoms with Gasteiger partial charge in [0.25, 0.3) is 5.91 Å². The van der Waals surface area contributed by atoms with Crippen LogP contribution in [0, 0.1) is 5.82 Å². The van der Waals surface area contributed by atoms with Crippen LogP contribution in [-0.4, -0.2) is 22.3 Å². The van der Waals surface area contributed by atoms with Crippen LogP contribution in [0.25, 0.3) is 11.4 Å². The first kappa shape index (κ1) is 18.7. The van der Waals surface area contributed by atoms with E-state index in [1.807, 2.05) is 18.2 Å². The quantitative estimate of drug-likeness (QED) is 0.708. The van der Waals surface area contributed by atoms with Gasteiger partial charge in [-0.3, -0.25) is 4.79 Å². The lowest BCUT2D eigenvalue weighted by molar-refractivity contribution is 0.0945. The van der Waals surface area contributed by atoms with E-state index in [4.69, 9.17) is 9.47 Å². The Morgan fingerprint density at radius 2 is 1.90 bits per heavy atom. The Balaban J connectivity index is 1.41.